The van der Waals surface area contributed by atoms with Gasteiger partial charge in [-0.1, -0.05) is 13.8 Å². The lowest BCUT2D eigenvalue weighted by Gasteiger charge is -2.46. The van der Waals surface area contributed by atoms with E-state index in [-0.39, 0.29) is 23.3 Å². The molecule has 0 radical (unpaired) electrons. The van der Waals surface area contributed by atoms with Gasteiger partial charge < -0.3 is 0 Å². The van der Waals surface area contributed by atoms with Crippen molar-refractivity contribution in [3.8, 4) is 6.07 Å². The predicted molar refractivity (Wildman–Crippen MR) is 96.8 cm³/mol. The Hall–Kier alpha value is -0.250. The third kappa shape index (κ3) is 2.54. The fraction of sp³-hybridized carbons (Fsp3) is 0.941. The Morgan fingerprint density at radius 2 is 1.78 bits per heavy atom. The Kier molecular flexibility index (Phi) is 4.68. The molecule has 2 aliphatic rings. The van der Waals surface area contributed by atoms with Crippen molar-refractivity contribution in [2.45, 2.75) is 77.6 Å². The van der Waals surface area contributed by atoms with E-state index in [9.17, 15) is 13.7 Å². The Bertz CT molecular complexity index is 613. The summed E-state index contributed by atoms with van der Waals surface area (Å²) in [5.41, 5.74) is -0.763. The molecule has 0 aliphatic heterocycles. The second-order valence-electron chi connectivity index (χ2n) is 8.49. The fourth-order valence-corrected chi connectivity index (χ4v) is 8.92. The summed E-state index contributed by atoms with van der Waals surface area (Å²) in [4.78, 5) is 0. The molecule has 0 saturated heterocycles. The molecule has 0 aromatic carbocycles. The maximum atomic E-state index is 13.2. The van der Waals surface area contributed by atoms with Crippen LogP contribution in [-0.2, 0) is 10.0 Å². The molecule has 2 saturated carbocycles. The molecule has 0 spiro atoms. The van der Waals surface area contributed by atoms with Gasteiger partial charge in [0.05, 0.1) is 11.8 Å². The van der Waals surface area contributed by atoms with Crippen LogP contribution in [0.2, 0.25) is 0 Å². The van der Waals surface area contributed by atoms with Crippen LogP contribution in [0.1, 0.15) is 60.8 Å². The van der Waals surface area contributed by atoms with Crippen molar-refractivity contribution in [1.29, 1.82) is 5.26 Å². The molecule has 6 heteroatoms. The van der Waals surface area contributed by atoms with Crippen molar-refractivity contribution in [3.63, 3.8) is 0 Å². The monoisotopic (exact) mass is 358 g/mol. The first-order valence-corrected chi connectivity index (χ1v) is 10.5. The van der Waals surface area contributed by atoms with Gasteiger partial charge in [-0.05, 0) is 58.3 Å². The van der Waals surface area contributed by atoms with Gasteiger partial charge in [-0.3, -0.25) is 0 Å². The first-order valence-electron chi connectivity index (χ1n) is 8.49. The van der Waals surface area contributed by atoms with E-state index in [1.807, 2.05) is 27.7 Å². The van der Waals surface area contributed by atoms with E-state index in [0.29, 0.717) is 12.3 Å². The van der Waals surface area contributed by atoms with Gasteiger partial charge in [0.15, 0.2) is 0 Å². The SMILES string of the molecule is CC(C)N(C(C)C)S(=O)(=O)CC12CCC(C[C@]1(S)C#N)C2(C)C. The third-order valence-electron chi connectivity index (χ3n) is 6.46. The summed E-state index contributed by atoms with van der Waals surface area (Å²) in [5, 5.41) is 9.76. The molecule has 0 aromatic rings. The first kappa shape index (κ1) is 19.1. The van der Waals surface area contributed by atoms with Crippen molar-refractivity contribution in [2.75, 3.05) is 5.75 Å². The smallest absolute Gasteiger partial charge is 0.212 e. The van der Waals surface area contributed by atoms with E-state index >= 15 is 0 Å². The topological polar surface area (TPSA) is 61.2 Å². The average molecular weight is 359 g/mol. The van der Waals surface area contributed by atoms with E-state index in [0.717, 1.165) is 12.8 Å². The number of rotatable bonds is 5. The van der Waals surface area contributed by atoms with E-state index in [4.69, 9.17) is 12.6 Å². The maximum absolute atomic E-state index is 13.2. The molecular formula is C17H30N2O2S2. The quantitative estimate of drug-likeness (QED) is 0.766. The highest BCUT2D eigenvalue weighted by atomic mass is 32.2. The zero-order valence-corrected chi connectivity index (χ0v) is 16.8. The Balaban J connectivity index is 2.50. The van der Waals surface area contributed by atoms with Gasteiger partial charge in [-0.25, -0.2) is 8.42 Å². The molecule has 23 heavy (non-hydrogen) atoms. The summed E-state index contributed by atoms with van der Waals surface area (Å²) in [5.74, 6) is 0.401. The van der Waals surface area contributed by atoms with Crippen LogP contribution in [0.25, 0.3) is 0 Å². The fourth-order valence-electron chi connectivity index (χ4n) is 5.30. The lowest BCUT2D eigenvalue weighted by atomic mass is 9.66. The molecule has 2 aliphatic carbocycles. The molecule has 0 aromatic heterocycles. The van der Waals surface area contributed by atoms with Gasteiger partial charge in [0.1, 0.15) is 4.75 Å². The van der Waals surface area contributed by atoms with Gasteiger partial charge in [0, 0.05) is 17.5 Å². The zero-order chi connectivity index (χ0) is 17.8. The Labute approximate surface area is 147 Å². The van der Waals surface area contributed by atoms with Crippen LogP contribution in [0.3, 0.4) is 0 Å². The average Bonchev–Trinajstić information content (AvgIpc) is 2.69. The van der Waals surface area contributed by atoms with Crippen LogP contribution in [0.5, 0.6) is 0 Å². The minimum atomic E-state index is -3.47. The van der Waals surface area contributed by atoms with Crippen LogP contribution < -0.4 is 0 Å². The number of fused-ring (bicyclic) bond motifs is 2. The molecule has 2 fully saturated rings. The number of hydrogen-bond donors (Lipinski definition) is 1. The lowest BCUT2D eigenvalue weighted by Crippen LogP contribution is -2.54. The second-order valence-corrected chi connectivity index (χ2v) is 11.1. The van der Waals surface area contributed by atoms with E-state index < -0.39 is 20.2 Å². The minimum Gasteiger partial charge on any atom is -0.212 e. The van der Waals surface area contributed by atoms with Gasteiger partial charge in [-0.15, -0.1) is 0 Å². The number of hydrogen-bond acceptors (Lipinski definition) is 4. The summed E-state index contributed by atoms with van der Waals surface area (Å²) < 4.78 is 27.2. The highest BCUT2D eigenvalue weighted by molar-refractivity contribution is 7.89. The maximum Gasteiger partial charge on any atom is 0.215 e. The second kappa shape index (κ2) is 5.64. The van der Waals surface area contributed by atoms with E-state index in [1.165, 1.54) is 0 Å². The molecule has 2 bridgehead atoms. The summed E-state index contributed by atoms with van der Waals surface area (Å²) >= 11 is 4.73. The molecule has 132 valence electrons. The summed E-state index contributed by atoms with van der Waals surface area (Å²) in [6, 6.07) is 2.19. The molecule has 0 amide bonds. The van der Waals surface area contributed by atoms with Crippen LogP contribution in [-0.4, -0.2) is 35.3 Å². The van der Waals surface area contributed by atoms with Gasteiger partial charge >= 0.3 is 0 Å². The largest absolute Gasteiger partial charge is 0.215 e. The first-order chi connectivity index (χ1) is 10.3. The van der Waals surface area contributed by atoms with E-state index in [2.05, 4.69) is 19.9 Å². The molecule has 0 N–H and O–H groups in total. The Morgan fingerprint density at radius 1 is 1.26 bits per heavy atom. The summed E-state index contributed by atoms with van der Waals surface area (Å²) in [6.07, 6.45) is 2.46. The van der Waals surface area contributed by atoms with Crippen molar-refractivity contribution in [2.24, 2.45) is 16.7 Å². The lowest BCUT2D eigenvalue weighted by molar-refractivity contribution is 0.140. The molecule has 2 unspecified atom stereocenters. The molecule has 3 atom stereocenters. The van der Waals surface area contributed by atoms with Crippen LogP contribution in [0.15, 0.2) is 0 Å². The van der Waals surface area contributed by atoms with Crippen molar-refractivity contribution >= 4 is 22.7 Å². The minimum absolute atomic E-state index is 0.0247. The number of thiol groups is 1. The molecule has 4 nitrogen and oxygen atoms in total. The third-order valence-corrected chi connectivity index (χ3v) is 9.51. The number of nitrogens with zero attached hydrogens (tertiary/aromatic N) is 2. The molecular weight excluding hydrogens is 328 g/mol. The summed E-state index contributed by atoms with van der Waals surface area (Å²) in [7, 11) is -3.47. The standard InChI is InChI=1S/C17H30N2O2S2/c1-12(2)19(13(3)4)23(20,21)11-16-8-7-14(15(16,5)6)9-17(16,22)10-18/h12-14,22H,7-9,11H2,1-6H3/t14?,16?,17-/m0/s1. The number of sulfonamides is 1. The van der Waals surface area contributed by atoms with Crippen LogP contribution in [0.4, 0.5) is 0 Å². The highest BCUT2D eigenvalue weighted by Gasteiger charge is 2.71. The summed E-state index contributed by atoms with van der Waals surface area (Å²) in [6.45, 7) is 11.9. The predicted octanol–water partition coefficient (Wildman–Crippen LogP) is 3.45. The Morgan fingerprint density at radius 3 is 2.17 bits per heavy atom. The highest BCUT2D eigenvalue weighted by Crippen LogP contribution is 2.72. The van der Waals surface area contributed by atoms with Crippen molar-refractivity contribution < 1.29 is 8.42 Å². The van der Waals surface area contributed by atoms with E-state index in [1.54, 1.807) is 4.31 Å². The number of nitriles is 1. The van der Waals surface area contributed by atoms with Crippen LogP contribution in [0, 0.1) is 28.1 Å². The zero-order valence-electron chi connectivity index (χ0n) is 15.1. The van der Waals surface area contributed by atoms with Gasteiger partial charge in [-0.2, -0.15) is 22.2 Å². The van der Waals surface area contributed by atoms with Gasteiger partial charge in [0.25, 0.3) is 0 Å². The normalized spacial score (nSPS) is 36.1. The van der Waals surface area contributed by atoms with Gasteiger partial charge in [0.2, 0.25) is 10.0 Å². The van der Waals surface area contributed by atoms with Crippen molar-refractivity contribution in [3.05, 3.63) is 0 Å². The van der Waals surface area contributed by atoms with Crippen molar-refractivity contribution in [1.82, 2.24) is 4.31 Å². The molecule has 2 rings (SSSR count). The van der Waals surface area contributed by atoms with Crippen LogP contribution >= 0.6 is 12.6 Å². The molecule has 0 heterocycles.